The predicted molar refractivity (Wildman–Crippen MR) is 59.7 cm³/mol. The van der Waals surface area contributed by atoms with Crippen molar-refractivity contribution in [2.45, 2.75) is 13.0 Å². The van der Waals surface area contributed by atoms with Crippen molar-refractivity contribution in [3.05, 3.63) is 40.9 Å². The molecule has 0 saturated heterocycles. The van der Waals surface area contributed by atoms with Gasteiger partial charge in [0.15, 0.2) is 0 Å². The maximum absolute atomic E-state index is 9.65. The van der Waals surface area contributed by atoms with E-state index >= 15 is 0 Å². The van der Waals surface area contributed by atoms with Crippen molar-refractivity contribution in [2.24, 2.45) is 0 Å². The topological polar surface area (TPSA) is 50.9 Å². The van der Waals surface area contributed by atoms with Crippen molar-refractivity contribution in [1.82, 2.24) is 14.8 Å². The average molecular weight is 268 g/mol. The molecule has 0 saturated carbocycles. The smallest absolute Gasteiger partial charge is 0.138 e. The highest BCUT2D eigenvalue weighted by Crippen LogP contribution is 2.24. The zero-order valence-electron chi connectivity index (χ0n) is 8.13. The van der Waals surface area contributed by atoms with Gasteiger partial charge in [0.1, 0.15) is 12.7 Å². The fourth-order valence-electron chi connectivity index (χ4n) is 1.40. The number of hydrogen-bond acceptors (Lipinski definition) is 3. The van der Waals surface area contributed by atoms with E-state index in [0.717, 1.165) is 15.7 Å². The monoisotopic (exact) mass is 267 g/mol. The molecule has 0 aliphatic rings. The molecule has 0 bridgehead atoms. The van der Waals surface area contributed by atoms with Gasteiger partial charge >= 0.3 is 0 Å². The Morgan fingerprint density at radius 3 is 2.87 bits per heavy atom. The first kappa shape index (κ1) is 10.3. The van der Waals surface area contributed by atoms with Gasteiger partial charge in [-0.05, 0) is 25.1 Å². The van der Waals surface area contributed by atoms with Crippen LogP contribution in [-0.4, -0.2) is 19.9 Å². The molecule has 1 aromatic carbocycles. The zero-order valence-corrected chi connectivity index (χ0v) is 9.72. The molecule has 0 amide bonds. The standard InChI is InChI=1S/C10H10BrN3O/c1-7(15)9-4-8(11)2-3-10(9)14-6-12-5-13-14/h2-7,15H,1H3. The summed E-state index contributed by atoms with van der Waals surface area (Å²) in [6, 6.07) is 5.67. The van der Waals surface area contributed by atoms with E-state index in [9.17, 15) is 5.11 Å². The molecule has 4 nitrogen and oxygen atoms in total. The minimum absolute atomic E-state index is 0.540. The van der Waals surface area contributed by atoms with Gasteiger partial charge < -0.3 is 5.11 Å². The second-order valence-electron chi connectivity index (χ2n) is 3.22. The van der Waals surface area contributed by atoms with Gasteiger partial charge in [-0.2, -0.15) is 5.10 Å². The van der Waals surface area contributed by atoms with Gasteiger partial charge in [-0.25, -0.2) is 9.67 Å². The molecule has 0 spiro atoms. The Balaban J connectivity index is 2.56. The average Bonchev–Trinajstić information content (AvgIpc) is 2.70. The highest BCUT2D eigenvalue weighted by molar-refractivity contribution is 9.10. The minimum atomic E-state index is -0.540. The van der Waals surface area contributed by atoms with E-state index in [-0.39, 0.29) is 0 Å². The SMILES string of the molecule is CC(O)c1cc(Br)ccc1-n1cncn1. The first-order chi connectivity index (χ1) is 7.18. The molecule has 1 heterocycles. The van der Waals surface area contributed by atoms with Crippen LogP contribution >= 0.6 is 15.9 Å². The molecule has 1 N–H and O–H groups in total. The van der Waals surface area contributed by atoms with E-state index in [0.29, 0.717) is 0 Å². The van der Waals surface area contributed by atoms with Crippen LogP contribution in [0.2, 0.25) is 0 Å². The summed E-state index contributed by atoms with van der Waals surface area (Å²) in [5.41, 5.74) is 1.65. The molecule has 0 aliphatic heterocycles. The highest BCUT2D eigenvalue weighted by Gasteiger charge is 2.10. The van der Waals surface area contributed by atoms with Gasteiger partial charge in [-0.15, -0.1) is 0 Å². The Bertz CT molecular complexity index is 454. The van der Waals surface area contributed by atoms with Crippen LogP contribution in [0.25, 0.3) is 5.69 Å². The van der Waals surface area contributed by atoms with Crippen LogP contribution in [0.5, 0.6) is 0 Å². The Morgan fingerprint density at radius 1 is 1.47 bits per heavy atom. The first-order valence-corrected chi connectivity index (χ1v) is 5.30. The van der Waals surface area contributed by atoms with Gasteiger partial charge in [-0.1, -0.05) is 15.9 Å². The van der Waals surface area contributed by atoms with Gasteiger partial charge in [0.2, 0.25) is 0 Å². The van der Waals surface area contributed by atoms with E-state index in [1.807, 2.05) is 18.2 Å². The molecule has 2 aromatic rings. The van der Waals surface area contributed by atoms with Crippen LogP contribution < -0.4 is 0 Å². The Kier molecular flexibility index (Phi) is 2.83. The minimum Gasteiger partial charge on any atom is -0.389 e. The van der Waals surface area contributed by atoms with E-state index in [1.54, 1.807) is 17.9 Å². The zero-order chi connectivity index (χ0) is 10.8. The molecule has 0 aliphatic carbocycles. The van der Waals surface area contributed by atoms with Gasteiger partial charge in [0.25, 0.3) is 0 Å². The number of benzene rings is 1. The lowest BCUT2D eigenvalue weighted by Gasteiger charge is -2.11. The Labute approximate surface area is 95.7 Å². The van der Waals surface area contributed by atoms with Crippen LogP contribution in [0, 0.1) is 0 Å². The van der Waals surface area contributed by atoms with Crippen LogP contribution in [0.3, 0.4) is 0 Å². The van der Waals surface area contributed by atoms with Gasteiger partial charge in [0.05, 0.1) is 11.8 Å². The summed E-state index contributed by atoms with van der Waals surface area (Å²) in [7, 11) is 0. The molecule has 1 atom stereocenters. The molecule has 5 heteroatoms. The summed E-state index contributed by atoms with van der Waals surface area (Å²) in [6.07, 6.45) is 2.53. The predicted octanol–water partition coefficient (Wildman–Crippen LogP) is 2.08. The van der Waals surface area contributed by atoms with Crippen molar-refractivity contribution < 1.29 is 5.11 Å². The third-order valence-electron chi connectivity index (χ3n) is 2.11. The van der Waals surface area contributed by atoms with E-state index in [4.69, 9.17) is 0 Å². The summed E-state index contributed by atoms with van der Waals surface area (Å²) < 4.78 is 2.57. The molecule has 1 unspecified atom stereocenters. The van der Waals surface area contributed by atoms with Crippen LogP contribution in [0.4, 0.5) is 0 Å². The molecule has 0 fully saturated rings. The maximum Gasteiger partial charge on any atom is 0.138 e. The normalized spacial score (nSPS) is 12.7. The largest absolute Gasteiger partial charge is 0.389 e. The van der Waals surface area contributed by atoms with Gasteiger partial charge in [0, 0.05) is 10.0 Å². The third-order valence-corrected chi connectivity index (χ3v) is 2.60. The number of aliphatic hydroxyl groups is 1. The second kappa shape index (κ2) is 4.12. The fourth-order valence-corrected chi connectivity index (χ4v) is 1.78. The molecule has 78 valence electrons. The maximum atomic E-state index is 9.65. The van der Waals surface area contributed by atoms with Crippen molar-refractivity contribution >= 4 is 15.9 Å². The summed E-state index contributed by atoms with van der Waals surface area (Å²) in [4.78, 5) is 3.88. The number of aromatic nitrogens is 3. The lowest BCUT2D eigenvalue weighted by Crippen LogP contribution is -2.02. The molecule has 0 radical (unpaired) electrons. The van der Waals surface area contributed by atoms with Crippen molar-refractivity contribution in [2.75, 3.05) is 0 Å². The van der Waals surface area contributed by atoms with Crippen molar-refractivity contribution in [3.8, 4) is 5.69 Å². The van der Waals surface area contributed by atoms with Crippen molar-refractivity contribution in [3.63, 3.8) is 0 Å². The second-order valence-corrected chi connectivity index (χ2v) is 4.13. The quantitative estimate of drug-likeness (QED) is 0.907. The van der Waals surface area contributed by atoms with Gasteiger partial charge in [-0.3, -0.25) is 0 Å². The molecule has 15 heavy (non-hydrogen) atoms. The lowest BCUT2D eigenvalue weighted by atomic mass is 10.1. The number of halogens is 1. The Morgan fingerprint density at radius 2 is 2.27 bits per heavy atom. The summed E-state index contributed by atoms with van der Waals surface area (Å²) in [5, 5.41) is 13.7. The number of rotatable bonds is 2. The fraction of sp³-hybridized carbons (Fsp3) is 0.200. The third kappa shape index (κ3) is 2.08. The number of nitrogens with zero attached hydrogens (tertiary/aromatic N) is 3. The summed E-state index contributed by atoms with van der Waals surface area (Å²) in [5.74, 6) is 0. The molecular formula is C10H10BrN3O. The van der Waals surface area contributed by atoms with E-state index in [2.05, 4.69) is 26.0 Å². The van der Waals surface area contributed by atoms with Crippen molar-refractivity contribution in [1.29, 1.82) is 0 Å². The lowest BCUT2D eigenvalue weighted by molar-refractivity contribution is 0.199. The number of aliphatic hydroxyl groups excluding tert-OH is 1. The van der Waals surface area contributed by atoms with Crippen LogP contribution in [0.1, 0.15) is 18.6 Å². The Hall–Kier alpha value is -1.20. The summed E-state index contributed by atoms with van der Waals surface area (Å²) in [6.45, 7) is 1.72. The first-order valence-electron chi connectivity index (χ1n) is 4.51. The molecular weight excluding hydrogens is 258 g/mol. The molecule has 1 aromatic heterocycles. The highest BCUT2D eigenvalue weighted by atomic mass is 79.9. The molecule has 2 rings (SSSR count). The van der Waals surface area contributed by atoms with E-state index < -0.39 is 6.10 Å². The van der Waals surface area contributed by atoms with E-state index in [1.165, 1.54) is 6.33 Å². The van der Waals surface area contributed by atoms with Crippen LogP contribution in [-0.2, 0) is 0 Å². The summed E-state index contributed by atoms with van der Waals surface area (Å²) >= 11 is 3.37. The van der Waals surface area contributed by atoms with Crippen LogP contribution in [0.15, 0.2) is 35.3 Å². The number of hydrogen-bond donors (Lipinski definition) is 1.